The van der Waals surface area contributed by atoms with Gasteiger partial charge in [-0.3, -0.25) is 9.69 Å². The number of benzene rings is 1. The Kier molecular flexibility index (Phi) is 5.14. The first-order valence-electron chi connectivity index (χ1n) is 7.19. The predicted molar refractivity (Wildman–Crippen MR) is 79.0 cm³/mol. The number of anilines is 1. The molecule has 1 aromatic rings. The van der Waals surface area contributed by atoms with Crippen molar-refractivity contribution in [3.63, 3.8) is 0 Å². The minimum absolute atomic E-state index is 0.104. The third-order valence-electron chi connectivity index (χ3n) is 3.78. The van der Waals surface area contributed by atoms with E-state index < -0.39 is 0 Å². The molecule has 0 spiro atoms. The van der Waals surface area contributed by atoms with Gasteiger partial charge in [-0.15, -0.1) is 0 Å². The summed E-state index contributed by atoms with van der Waals surface area (Å²) >= 11 is 0. The molecule has 1 saturated heterocycles. The van der Waals surface area contributed by atoms with E-state index in [4.69, 9.17) is 5.26 Å². The molecule has 1 amide bonds. The van der Waals surface area contributed by atoms with E-state index in [2.05, 4.69) is 23.2 Å². The predicted octanol–water partition coefficient (Wildman–Crippen LogP) is 2.91. The zero-order chi connectivity index (χ0) is 14.4. The van der Waals surface area contributed by atoms with Crippen LogP contribution in [0, 0.1) is 11.3 Å². The summed E-state index contributed by atoms with van der Waals surface area (Å²) in [6.45, 7) is 4.34. The number of rotatable bonds is 4. The summed E-state index contributed by atoms with van der Waals surface area (Å²) in [5.41, 5.74) is 1.97. The van der Waals surface area contributed by atoms with Crippen LogP contribution in [-0.2, 0) is 11.3 Å². The summed E-state index contributed by atoms with van der Waals surface area (Å²) in [5, 5.41) is 11.2. The number of piperidine rings is 1. The Morgan fingerprint density at radius 3 is 3.10 bits per heavy atom. The number of likely N-dealkylation sites (tertiary alicyclic amines) is 1. The summed E-state index contributed by atoms with van der Waals surface area (Å²) in [6.07, 6.45) is 3.75. The molecule has 1 aliphatic rings. The topological polar surface area (TPSA) is 56.1 Å². The van der Waals surface area contributed by atoms with Crippen LogP contribution in [0.1, 0.15) is 38.2 Å². The van der Waals surface area contributed by atoms with Crippen molar-refractivity contribution in [1.82, 2.24) is 4.90 Å². The molecule has 0 bridgehead atoms. The van der Waals surface area contributed by atoms with Gasteiger partial charge in [0.15, 0.2) is 0 Å². The van der Waals surface area contributed by atoms with E-state index in [1.54, 1.807) is 0 Å². The van der Waals surface area contributed by atoms with E-state index in [0.29, 0.717) is 6.04 Å². The summed E-state index contributed by atoms with van der Waals surface area (Å²) in [7, 11) is 0. The molecule has 0 aliphatic carbocycles. The van der Waals surface area contributed by atoms with Crippen LogP contribution < -0.4 is 5.32 Å². The van der Waals surface area contributed by atoms with Crippen LogP contribution in [0.3, 0.4) is 0 Å². The second-order valence-corrected chi connectivity index (χ2v) is 5.40. The summed E-state index contributed by atoms with van der Waals surface area (Å²) in [5.74, 6) is -0.254. The molecule has 1 unspecified atom stereocenters. The van der Waals surface area contributed by atoms with Crippen molar-refractivity contribution in [3.05, 3.63) is 29.8 Å². The summed E-state index contributed by atoms with van der Waals surface area (Å²) in [6, 6.07) is 10.4. The second kappa shape index (κ2) is 7.06. The molecule has 0 aromatic heterocycles. The smallest absolute Gasteiger partial charge is 0.238 e. The highest BCUT2D eigenvalue weighted by molar-refractivity contribution is 5.92. The van der Waals surface area contributed by atoms with Crippen LogP contribution in [0.4, 0.5) is 5.69 Å². The number of hydrogen-bond donors (Lipinski definition) is 1. The molecule has 0 radical (unpaired) electrons. The van der Waals surface area contributed by atoms with Gasteiger partial charge in [-0.25, -0.2) is 0 Å². The van der Waals surface area contributed by atoms with Crippen LogP contribution >= 0.6 is 0 Å². The third-order valence-corrected chi connectivity index (χ3v) is 3.78. The van der Waals surface area contributed by atoms with Crippen LogP contribution in [0.15, 0.2) is 24.3 Å². The molecule has 1 N–H and O–H groups in total. The van der Waals surface area contributed by atoms with E-state index in [-0.39, 0.29) is 12.3 Å². The van der Waals surface area contributed by atoms with Gasteiger partial charge >= 0.3 is 0 Å². The summed E-state index contributed by atoms with van der Waals surface area (Å²) < 4.78 is 0. The number of nitriles is 1. The largest absolute Gasteiger partial charge is 0.325 e. The van der Waals surface area contributed by atoms with Crippen molar-refractivity contribution < 1.29 is 4.79 Å². The van der Waals surface area contributed by atoms with Crippen molar-refractivity contribution in [3.8, 4) is 6.07 Å². The van der Waals surface area contributed by atoms with Gasteiger partial charge in [0.05, 0.1) is 6.07 Å². The fourth-order valence-corrected chi connectivity index (χ4v) is 2.65. The van der Waals surface area contributed by atoms with E-state index in [1.807, 2.05) is 24.3 Å². The van der Waals surface area contributed by atoms with Gasteiger partial charge in [-0.1, -0.05) is 18.6 Å². The molecule has 1 aliphatic heterocycles. The molecule has 1 atom stereocenters. The number of hydrogen-bond acceptors (Lipinski definition) is 3. The first-order valence-corrected chi connectivity index (χ1v) is 7.19. The van der Waals surface area contributed by atoms with Gasteiger partial charge in [-0.2, -0.15) is 5.26 Å². The molecule has 2 rings (SSSR count). The van der Waals surface area contributed by atoms with Crippen molar-refractivity contribution in [1.29, 1.82) is 5.26 Å². The molecule has 4 heteroatoms. The fourth-order valence-electron chi connectivity index (χ4n) is 2.65. The average Bonchev–Trinajstić information content (AvgIpc) is 2.42. The molecule has 1 fully saturated rings. The van der Waals surface area contributed by atoms with E-state index in [9.17, 15) is 4.79 Å². The third kappa shape index (κ3) is 4.07. The maximum Gasteiger partial charge on any atom is 0.238 e. The van der Waals surface area contributed by atoms with Gasteiger partial charge < -0.3 is 5.32 Å². The second-order valence-electron chi connectivity index (χ2n) is 5.40. The number of carbonyl (C=O) groups is 1. The molecule has 1 aromatic carbocycles. The first kappa shape index (κ1) is 14.5. The highest BCUT2D eigenvalue weighted by Crippen LogP contribution is 2.20. The van der Waals surface area contributed by atoms with Crippen molar-refractivity contribution in [2.24, 2.45) is 0 Å². The monoisotopic (exact) mass is 271 g/mol. The van der Waals surface area contributed by atoms with Crippen molar-refractivity contribution in [2.75, 3.05) is 11.9 Å². The first-order chi connectivity index (χ1) is 9.69. The van der Waals surface area contributed by atoms with Gasteiger partial charge in [0, 0.05) is 18.3 Å². The Hall–Kier alpha value is -1.86. The zero-order valence-corrected chi connectivity index (χ0v) is 11.9. The molecule has 106 valence electrons. The minimum atomic E-state index is -0.254. The lowest BCUT2D eigenvalue weighted by Gasteiger charge is -2.33. The summed E-state index contributed by atoms with van der Waals surface area (Å²) in [4.78, 5) is 13.9. The average molecular weight is 271 g/mol. The van der Waals surface area contributed by atoms with Gasteiger partial charge in [0.1, 0.15) is 6.42 Å². The normalized spacial score (nSPS) is 19.3. The van der Waals surface area contributed by atoms with Crippen molar-refractivity contribution in [2.45, 2.75) is 45.2 Å². The van der Waals surface area contributed by atoms with Crippen LogP contribution in [0.25, 0.3) is 0 Å². The lowest BCUT2D eigenvalue weighted by molar-refractivity contribution is -0.115. The molecule has 1 heterocycles. The van der Waals surface area contributed by atoms with Gasteiger partial charge in [-0.05, 0) is 44.0 Å². The van der Waals surface area contributed by atoms with Crippen LogP contribution in [0.5, 0.6) is 0 Å². The molecule has 4 nitrogen and oxygen atoms in total. The maximum atomic E-state index is 11.4. The lowest BCUT2D eigenvalue weighted by Crippen LogP contribution is -2.36. The fraction of sp³-hybridized carbons (Fsp3) is 0.500. The number of nitrogens with zero attached hydrogens (tertiary/aromatic N) is 2. The zero-order valence-electron chi connectivity index (χ0n) is 11.9. The van der Waals surface area contributed by atoms with E-state index >= 15 is 0 Å². The van der Waals surface area contributed by atoms with Gasteiger partial charge in [0.2, 0.25) is 5.91 Å². The van der Waals surface area contributed by atoms with Crippen molar-refractivity contribution >= 4 is 11.6 Å². The number of nitrogens with one attached hydrogen (secondary N) is 1. The Morgan fingerprint density at radius 2 is 2.35 bits per heavy atom. The quantitative estimate of drug-likeness (QED) is 0.916. The van der Waals surface area contributed by atoms with Crippen LogP contribution in [0.2, 0.25) is 0 Å². The lowest BCUT2D eigenvalue weighted by atomic mass is 10.0. The minimum Gasteiger partial charge on any atom is -0.325 e. The highest BCUT2D eigenvalue weighted by Gasteiger charge is 2.18. The Bertz CT molecular complexity index is 507. The Labute approximate surface area is 120 Å². The SMILES string of the molecule is CC1CCCCN1Cc1cccc(NC(=O)CC#N)c1. The molecular weight excluding hydrogens is 250 g/mol. The maximum absolute atomic E-state index is 11.4. The highest BCUT2D eigenvalue weighted by atomic mass is 16.1. The van der Waals surface area contributed by atoms with Gasteiger partial charge in [0.25, 0.3) is 0 Å². The van der Waals surface area contributed by atoms with E-state index in [0.717, 1.165) is 18.8 Å². The standard InChI is InChI=1S/C16H21N3O/c1-13-5-2-3-10-19(13)12-14-6-4-7-15(11-14)18-16(20)8-9-17/h4,6-7,11,13H,2-3,5,8,10,12H2,1H3,(H,18,20). The van der Waals surface area contributed by atoms with Crippen LogP contribution in [-0.4, -0.2) is 23.4 Å². The Morgan fingerprint density at radius 1 is 1.50 bits per heavy atom. The number of amides is 1. The molecule has 20 heavy (non-hydrogen) atoms. The Balaban J connectivity index is 1.98. The number of carbonyl (C=O) groups excluding carboxylic acids is 1. The molecule has 0 saturated carbocycles. The van der Waals surface area contributed by atoms with E-state index in [1.165, 1.54) is 24.8 Å². The molecular formula is C16H21N3O.